The molecule has 2 N–H and O–H groups in total. The third-order valence-electron chi connectivity index (χ3n) is 3.19. The van der Waals surface area contributed by atoms with E-state index in [2.05, 4.69) is 9.46 Å². The summed E-state index contributed by atoms with van der Waals surface area (Å²) >= 11 is 0. The van der Waals surface area contributed by atoms with Gasteiger partial charge in [0.15, 0.2) is 0 Å². The average Bonchev–Trinajstić information content (AvgIpc) is 2.52. The number of hydrogen-bond donors (Lipinski definition) is 2. The van der Waals surface area contributed by atoms with Crippen LogP contribution in [0.2, 0.25) is 0 Å². The van der Waals surface area contributed by atoms with Crippen LogP contribution in [-0.2, 0) is 19.6 Å². The summed E-state index contributed by atoms with van der Waals surface area (Å²) in [6.45, 7) is 3.57. The van der Waals surface area contributed by atoms with Gasteiger partial charge in [0.05, 0.1) is 19.1 Å². The molecule has 0 saturated carbocycles. The number of sulfonamides is 1. The van der Waals surface area contributed by atoms with E-state index in [1.54, 1.807) is 13.8 Å². The molecule has 9 heteroatoms. The van der Waals surface area contributed by atoms with Crippen LogP contribution in [-0.4, -0.2) is 45.7 Å². The molecule has 0 aromatic heterocycles. The number of esters is 1. The molecule has 0 radical (unpaired) electrons. The molecular formula is C15H21NO7S. The van der Waals surface area contributed by atoms with Crippen molar-refractivity contribution in [2.75, 3.05) is 14.2 Å². The Morgan fingerprint density at radius 3 is 2.33 bits per heavy atom. The van der Waals surface area contributed by atoms with Gasteiger partial charge < -0.3 is 14.6 Å². The second-order valence-electron chi connectivity index (χ2n) is 5.50. The van der Waals surface area contributed by atoms with Crippen LogP contribution >= 0.6 is 0 Å². The number of methoxy groups -OCH3 is 2. The van der Waals surface area contributed by atoms with Crippen molar-refractivity contribution < 1.29 is 32.6 Å². The number of aliphatic carboxylic acids is 1. The Balaban J connectivity index is 3.22. The lowest BCUT2D eigenvalue weighted by Crippen LogP contribution is -2.41. The molecule has 0 spiro atoms. The van der Waals surface area contributed by atoms with E-state index in [0.29, 0.717) is 0 Å². The Hall–Kier alpha value is -2.13. The third kappa shape index (κ3) is 4.93. The quantitative estimate of drug-likeness (QED) is 0.671. The van der Waals surface area contributed by atoms with Gasteiger partial charge in [-0.2, -0.15) is 4.72 Å². The second-order valence-corrected chi connectivity index (χ2v) is 7.21. The van der Waals surface area contributed by atoms with E-state index >= 15 is 0 Å². The van der Waals surface area contributed by atoms with Crippen molar-refractivity contribution in [1.82, 2.24) is 4.72 Å². The van der Waals surface area contributed by atoms with Gasteiger partial charge in [0.25, 0.3) is 0 Å². The smallest absolute Gasteiger partial charge is 0.341 e. The van der Waals surface area contributed by atoms with Crippen LogP contribution in [0.15, 0.2) is 23.1 Å². The van der Waals surface area contributed by atoms with Crippen molar-refractivity contribution in [3.8, 4) is 5.75 Å². The Kier molecular flexibility index (Phi) is 6.73. The number of benzene rings is 1. The topological polar surface area (TPSA) is 119 Å². The van der Waals surface area contributed by atoms with E-state index in [1.807, 2.05) is 0 Å². The maximum Gasteiger partial charge on any atom is 0.341 e. The number of rotatable bonds is 8. The minimum absolute atomic E-state index is 0.0182. The Morgan fingerprint density at radius 2 is 1.88 bits per heavy atom. The fourth-order valence-electron chi connectivity index (χ4n) is 2.05. The molecule has 0 saturated heterocycles. The molecule has 24 heavy (non-hydrogen) atoms. The van der Waals surface area contributed by atoms with Gasteiger partial charge in [0.1, 0.15) is 17.4 Å². The van der Waals surface area contributed by atoms with Crippen LogP contribution in [0, 0.1) is 5.92 Å². The van der Waals surface area contributed by atoms with Gasteiger partial charge in [0.2, 0.25) is 10.0 Å². The summed E-state index contributed by atoms with van der Waals surface area (Å²) < 4.78 is 36.6. The first kappa shape index (κ1) is 19.9. The fraction of sp³-hybridized carbons (Fsp3) is 0.467. The predicted molar refractivity (Wildman–Crippen MR) is 85.5 cm³/mol. The van der Waals surface area contributed by atoms with E-state index < -0.39 is 28.0 Å². The van der Waals surface area contributed by atoms with Gasteiger partial charge in [-0.05, 0) is 30.5 Å². The Morgan fingerprint density at radius 1 is 1.25 bits per heavy atom. The number of nitrogens with one attached hydrogen (secondary N) is 1. The summed E-state index contributed by atoms with van der Waals surface area (Å²) in [5, 5.41) is 9.17. The second kappa shape index (κ2) is 8.11. The largest absolute Gasteiger partial charge is 0.496 e. The highest BCUT2D eigenvalue weighted by atomic mass is 32.2. The molecule has 1 aromatic rings. The third-order valence-corrected chi connectivity index (χ3v) is 4.66. The summed E-state index contributed by atoms with van der Waals surface area (Å²) in [6, 6.07) is 2.35. The highest BCUT2D eigenvalue weighted by Gasteiger charge is 2.27. The first-order valence-corrected chi connectivity index (χ1v) is 8.62. The van der Waals surface area contributed by atoms with Gasteiger partial charge >= 0.3 is 11.9 Å². The Labute approximate surface area is 140 Å². The highest BCUT2D eigenvalue weighted by molar-refractivity contribution is 7.89. The van der Waals surface area contributed by atoms with Gasteiger partial charge in [-0.3, -0.25) is 4.79 Å². The van der Waals surface area contributed by atoms with E-state index in [1.165, 1.54) is 19.2 Å². The molecular weight excluding hydrogens is 338 g/mol. The van der Waals surface area contributed by atoms with Crippen LogP contribution < -0.4 is 9.46 Å². The van der Waals surface area contributed by atoms with Crippen LogP contribution in [0.5, 0.6) is 5.75 Å². The van der Waals surface area contributed by atoms with Crippen LogP contribution in [0.25, 0.3) is 0 Å². The molecule has 0 fully saturated rings. The van der Waals surface area contributed by atoms with E-state index in [4.69, 9.17) is 4.74 Å². The molecule has 1 aromatic carbocycles. The van der Waals surface area contributed by atoms with Crippen molar-refractivity contribution in [3.63, 3.8) is 0 Å². The summed E-state index contributed by atoms with van der Waals surface area (Å²) in [5.41, 5.74) is -0.0707. The normalized spacial score (nSPS) is 12.7. The van der Waals surface area contributed by atoms with Gasteiger partial charge in [0, 0.05) is 0 Å². The van der Waals surface area contributed by atoms with E-state index in [0.717, 1.165) is 13.2 Å². The number of carbonyl (C=O) groups excluding carboxylic acids is 1. The zero-order chi connectivity index (χ0) is 18.5. The van der Waals surface area contributed by atoms with E-state index in [9.17, 15) is 23.1 Å². The molecule has 0 aliphatic carbocycles. The zero-order valence-electron chi connectivity index (χ0n) is 13.9. The van der Waals surface area contributed by atoms with Gasteiger partial charge in [-0.1, -0.05) is 13.8 Å². The molecule has 8 nitrogen and oxygen atoms in total. The van der Waals surface area contributed by atoms with Crippen molar-refractivity contribution in [3.05, 3.63) is 23.8 Å². The molecule has 1 rings (SSSR count). The maximum absolute atomic E-state index is 12.4. The first-order chi connectivity index (χ1) is 11.1. The standard InChI is InChI=1S/C15H21NO7S/c1-9(2)7-12(14(17)18)16-24(20,21)10-5-6-13(22-3)11(8-10)15(19)23-4/h5-6,8-9,12,16H,7H2,1-4H3,(H,17,18). The highest BCUT2D eigenvalue weighted by Crippen LogP contribution is 2.23. The molecule has 0 aliphatic heterocycles. The fourth-order valence-corrected chi connectivity index (χ4v) is 3.28. The maximum atomic E-state index is 12.4. The molecule has 0 amide bonds. The number of hydrogen-bond acceptors (Lipinski definition) is 6. The monoisotopic (exact) mass is 359 g/mol. The lowest BCUT2D eigenvalue weighted by atomic mass is 10.1. The van der Waals surface area contributed by atoms with Gasteiger partial charge in [-0.25, -0.2) is 13.2 Å². The minimum atomic E-state index is -4.13. The summed E-state index contributed by atoms with van der Waals surface area (Å²) in [6.07, 6.45) is 0.134. The van der Waals surface area contributed by atoms with Crippen molar-refractivity contribution in [2.45, 2.75) is 31.2 Å². The molecule has 1 atom stereocenters. The molecule has 134 valence electrons. The predicted octanol–water partition coefficient (Wildman–Crippen LogP) is 1.26. The molecule has 0 bridgehead atoms. The zero-order valence-corrected chi connectivity index (χ0v) is 14.7. The van der Waals surface area contributed by atoms with E-state index in [-0.39, 0.29) is 28.5 Å². The van der Waals surface area contributed by atoms with Crippen LogP contribution in [0.1, 0.15) is 30.6 Å². The lowest BCUT2D eigenvalue weighted by molar-refractivity contribution is -0.139. The summed E-state index contributed by atoms with van der Waals surface area (Å²) in [7, 11) is -1.65. The molecule has 0 heterocycles. The number of carboxylic acid groups (broad SMARTS) is 1. The summed E-state index contributed by atoms with van der Waals surface area (Å²) in [5.74, 6) is -1.90. The van der Waals surface area contributed by atoms with Gasteiger partial charge in [-0.15, -0.1) is 0 Å². The SMILES string of the molecule is COC(=O)c1cc(S(=O)(=O)NC(CC(C)C)C(=O)O)ccc1OC. The van der Waals surface area contributed by atoms with Crippen molar-refractivity contribution in [2.24, 2.45) is 5.92 Å². The number of ether oxygens (including phenoxy) is 2. The Bertz CT molecular complexity index is 713. The van der Waals surface area contributed by atoms with Crippen LogP contribution in [0.3, 0.4) is 0 Å². The van der Waals surface area contributed by atoms with Crippen LogP contribution in [0.4, 0.5) is 0 Å². The van der Waals surface area contributed by atoms with Crippen molar-refractivity contribution >= 4 is 22.0 Å². The molecule has 0 aliphatic rings. The average molecular weight is 359 g/mol. The first-order valence-electron chi connectivity index (χ1n) is 7.13. The number of carbonyl (C=O) groups is 2. The summed E-state index contributed by atoms with van der Waals surface area (Å²) in [4.78, 5) is 22.7. The lowest BCUT2D eigenvalue weighted by Gasteiger charge is -2.17. The minimum Gasteiger partial charge on any atom is -0.496 e. The number of carboxylic acids is 1. The van der Waals surface area contributed by atoms with Crippen molar-refractivity contribution in [1.29, 1.82) is 0 Å². The molecule has 1 unspecified atom stereocenters.